The van der Waals surface area contributed by atoms with Gasteiger partial charge >= 0.3 is 0 Å². The summed E-state index contributed by atoms with van der Waals surface area (Å²) in [6, 6.07) is 16.4. The molecule has 6 aromatic rings. The zero-order valence-corrected chi connectivity index (χ0v) is 24.9. The van der Waals surface area contributed by atoms with Crippen molar-refractivity contribution in [2.24, 2.45) is 0 Å². The first-order chi connectivity index (χ1) is 21.7. The number of halogens is 3. The first kappa shape index (κ1) is 28.9. The predicted molar refractivity (Wildman–Crippen MR) is 169 cm³/mol. The Morgan fingerprint density at radius 1 is 0.978 bits per heavy atom. The van der Waals surface area contributed by atoms with Crippen molar-refractivity contribution in [3.8, 4) is 33.9 Å². The van der Waals surface area contributed by atoms with Gasteiger partial charge in [0.25, 0.3) is 5.92 Å². The number of aromatic nitrogens is 6. The van der Waals surface area contributed by atoms with E-state index < -0.39 is 5.92 Å². The average molecular weight is 612 g/mol. The number of hydrogen-bond acceptors (Lipinski definition) is 7. The van der Waals surface area contributed by atoms with Crippen molar-refractivity contribution in [1.29, 1.82) is 0 Å². The predicted octanol–water partition coefficient (Wildman–Crippen LogP) is 6.18. The number of likely N-dealkylation sites (N-methyl/N-ethyl adjacent to an activating group) is 1. The second kappa shape index (κ2) is 11.6. The van der Waals surface area contributed by atoms with E-state index in [0.29, 0.717) is 59.1 Å². The van der Waals surface area contributed by atoms with E-state index >= 15 is 0 Å². The lowest BCUT2D eigenvalue weighted by Gasteiger charge is -2.15. The minimum atomic E-state index is -2.64. The number of benzene rings is 2. The Bertz CT molecular complexity index is 2000. The van der Waals surface area contributed by atoms with Crippen molar-refractivity contribution in [3.05, 3.63) is 78.4 Å². The second-order valence-electron chi connectivity index (χ2n) is 11.8. The first-order valence-corrected chi connectivity index (χ1v) is 14.8. The van der Waals surface area contributed by atoms with Crippen molar-refractivity contribution in [2.75, 3.05) is 45.6 Å². The minimum absolute atomic E-state index is 0.123. The molecule has 0 amide bonds. The Labute approximate surface area is 257 Å². The molecule has 1 saturated heterocycles. The van der Waals surface area contributed by atoms with Gasteiger partial charge in [0.1, 0.15) is 11.3 Å². The normalized spacial score (nSPS) is 15.1. The Kier molecular flexibility index (Phi) is 7.46. The fourth-order valence-electron chi connectivity index (χ4n) is 5.79. The summed E-state index contributed by atoms with van der Waals surface area (Å²) in [6.07, 6.45) is 3.30. The number of imidazole rings is 1. The molecule has 0 aliphatic carbocycles. The van der Waals surface area contributed by atoms with Crippen molar-refractivity contribution < 1.29 is 13.2 Å². The van der Waals surface area contributed by atoms with E-state index in [4.69, 9.17) is 9.97 Å². The van der Waals surface area contributed by atoms with E-state index in [-0.39, 0.29) is 18.8 Å². The monoisotopic (exact) mass is 611 g/mol. The molecule has 3 N–H and O–H groups in total. The van der Waals surface area contributed by atoms with Crippen LogP contribution in [-0.2, 0) is 6.54 Å². The summed E-state index contributed by atoms with van der Waals surface area (Å²) in [5.74, 6) is -2.45. The number of anilines is 1. The zero-order valence-electron chi connectivity index (χ0n) is 24.9. The highest BCUT2D eigenvalue weighted by molar-refractivity contribution is 5.96. The molecular formula is C33H32F3N9. The third kappa shape index (κ3) is 6.11. The molecule has 1 fully saturated rings. The van der Waals surface area contributed by atoms with Crippen LogP contribution in [0.3, 0.4) is 0 Å². The summed E-state index contributed by atoms with van der Waals surface area (Å²) in [5.41, 5.74) is 7.87. The molecule has 1 aliphatic heterocycles. The number of aromatic amines is 2. The van der Waals surface area contributed by atoms with Crippen LogP contribution in [0.1, 0.15) is 12.0 Å². The highest BCUT2D eigenvalue weighted by Gasteiger charge is 2.37. The summed E-state index contributed by atoms with van der Waals surface area (Å²) in [6.45, 7) is 2.02. The number of hydrogen-bond donors (Lipinski definition) is 3. The number of alkyl halides is 2. The van der Waals surface area contributed by atoms with Crippen molar-refractivity contribution >= 4 is 27.8 Å². The molecule has 0 saturated carbocycles. The maximum absolute atomic E-state index is 14.7. The van der Waals surface area contributed by atoms with Crippen LogP contribution in [0, 0.1) is 5.82 Å². The van der Waals surface area contributed by atoms with E-state index in [1.165, 1.54) is 12.1 Å². The Morgan fingerprint density at radius 2 is 1.87 bits per heavy atom. The van der Waals surface area contributed by atoms with Crippen LogP contribution in [-0.4, -0.2) is 86.1 Å². The topological polar surface area (TPSA) is 102 Å². The van der Waals surface area contributed by atoms with Gasteiger partial charge in [0.2, 0.25) is 0 Å². The van der Waals surface area contributed by atoms with E-state index in [1.54, 1.807) is 17.3 Å². The van der Waals surface area contributed by atoms with Crippen LogP contribution in [0.15, 0.2) is 67.0 Å². The van der Waals surface area contributed by atoms with Gasteiger partial charge in [-0.25, -0.2) is 23.1 Å². The molecule has 5 heterocycles. The molecule has 0 atom stereocenters. The standard InChI is InChI=1S/C33H32F3N9/c1-44(2)11-9-38-24-14-21(13-23(34)15-24)25-4-3-5-27-29(25)41-32(40-27)31-30-28(42-43-31)7-6-26(39-30)22-12-20(16-37-17-22)18-45-10-8-33(35,36)19-45/h3-7,12-17,38H,8-11,18-19H2,1-2H3,(H,40,41)(H,42,43). The second-order valence-corrected chi connectivity index (χ2v) is 11.8. The molecule has 0 bridgehead atoms. The number of nitrogens with zero attached hydrogens (tertiary/aromatic N) is 6. The molecule has 12 heteroatoms. The largest absolute Gasteiger partial charge is 0.384 e. The molecular weight excluding hydrogens is 579 g/mol. The van der Waals surface area contributed by atoms with Crippen LogP contribution in [0.25, 0.3) is 56.0 Å². The summed E-state index contributed by atoms with van der Waals surface area (Å²) >= 11 is 0. The smallest absolute Gasteiger partial charge is 0.261 e. The van der Waals surface area contributed by atoms with Crippen LogP contribution >= 0.6 is 0 Å². The van der Waals surface area contributed by atoms with Gasteiger partial charge in [-0.3, -0.25) is 15.0 Å². The lowest BCUT2D eigenvalue weighted by Crippen LogP contribution is -2.24. The molecule has 0 radical (unpaired) electrons. The molecule has 2 aromatic carbocycles. The van der Waals surface area contributed by atoms with Crippen LogP contribution in [0.2, 0.25) is 0 Å². The molecule has 0 spiro atoms. The van der Waals surface area contributed by atoms with Gasteiger partial charge in [0.05, 0.1) is 28.8 Å². The number of rotatable bonds is 9. The summed E-state index contributed by atoms with van der Waals surface area (Å²) in [7, 11) is 3.98. The Hall–Kier alpha value is -4.81. The van der Waals surface area contributed by atoms with Crippen LogP contribution in [0.4, 0.5) is 18.9 Å². The molecule has 0 unspecified atom stereocenters. The maximum atomic E-state index is 14.7. The number of likely N-dealkylation sites (tertiary alicyclic amines) is 1. The summed E-state index contributed by atoms with van der Waals surface area (Å²) < 4.78 is 42.1. The first-order valence-electron chi connectivity index (χ1n) is 14.8. The van der Waals surface area contributed by atoms with Gasteiger partial charge in [-0.2, -0.15) is 5.10 Å². The Morgan fingerprint density at radius 3 is 2.69 bits per heavy atom. The number of fused-ring (bicyclic) bond motifs is 2. The Balaban J connectivity index is 1.20. The van der Waals surface area contributed by atoms with Gasteiger partial charge in [-0.05, 0) is 67.7 Å². The van der Waals surface area contributed by atoms with Crippen molar-refractivity contribution in [3.63, 3.8) is 0 Å². The molecule has 230 valence electrons. The van der Waals surface area contributed by atoms with Crippen molar-refractivity contribution in [2.45, 2.75) is 18.9 Å². The summed E-state index contributed by atoms with van der Waals surface area (Å²) in [4.78, 5) is 21.3. The van der Waals surface area contributed by atoms with Gasteiger partial charge in [-0.1, -0.05) is 12.1 Å². The lowest BCUT2D eigenvalue weighted by molar-refractivity contribution is 0.0115. The highest BCUT2D eigenvalue weighted by Crippen LogP contribution is 2.34. The number of nitrogens with one attached hydrogen (secondary N) is 3. The third-order valence-corrected chi connectivity index (χ3v) is 7.99. The van der Waals surface area contributed by atoms with Gasteiger partial charge < -0.3 is 15.2 Å². The van der Waals surface area contributed by atoms with Crippen LogP contribution in [0.5, 0.6) is 0 Å². The molecule has 4 aromatic heterocycles. The van der Waals surface area contributed by atoms with E-state index in [9.17, 15) is 13.2 Å². The fourth-order valence-corrected chi connectivity index (χ4v) is 5.79. The van der Waals surface area contributed by atoms with E-state index in [1.807, 2.05) is 56.6 Å². The lowest BCUT2D eigenvalue weighted by atomic mass is 10.0. The molecule has 9 nitrogen and oxygen atoms in total. The SMILES string of the molecule is CN(C)CCNc1cc(F)cc(-c2cccc3[nH]c(-c4n[nH]c5ccc(-c6cncc(CN7CCC(F)(F)C7)c6)nc45)nc23)c1. The van der Waals surface area contributed by atoms with Gasteiger partial charge in [0, 0.05) is 61.8 Å². The molecule has 1 aliphatic rings. The quantitative estimate of drug-likeness (QED) is 0.179. The maximum Gasteiger partial charge on any atom is 0.261 e. The molecule has 7 rings (SSSR count). The van der Waals surface area contributed by atoms with E-state index in [2.05, 4.69) is 30.4 Å². The van der Waals surface area contributed by atoms with Crippen molar-refractivity contribution in [1.82, 2.24) is 39.9 Å². The zero-order chi connectivity index (χ0) is 31.1. The van der Waals surface area contributed by atoms with Gasteiger partial charge in [-0.15, -0.1) is 0 Å². The minimum Gasteiger partial charge on any atom is -0.384 e. The highest BCUT2D eigenvalue weighted by atomic mass is 19.3. The number of para-hydroxylation sites is 1. The van der Waals surface area contributed by atoms with Gasteiger partial charge in [0.15, 0.2) is 11.5 Å². The molecule has 45 heavy (non-hydrogen) atoms. The number of H-pyrrole nitrogens is 2. The van der Waals surface area contributed by atoms with Crippen LogP contribution < -0.4 is 5.32 Å². The summed E-state index contributed by atoms with van der Waals surface area (Å²) in [5, 5.41) is 10.9. The third-order valence-electron chi connectivity index (χ3n) is 7.99. The average Bonchev–Trinajstić information content (AvgIpc) is 3.72. The number of pyridine rings is 2. The fraction of sp³-hybridized carbons (Fsp3) is 0.273. The van der Waals surface area contributed by atoms with E-state index in [0.717, 1.165) is 34.3 Å².